The second-order valence-electron chi connectivity index (χ2n) is 4.52. The lowest BCUT2D eigenvalue weighted by Gasteiger charge is -2.09. The largest absolute Gasteiger partial charge is 0.382 e. The van der Waals surface area contributed by atoms with Gasteiger partial charge < -0.3 is 15.4 Å². The van der Waals surface area contributed by atoms with Gasteiger partial charge in [-0.05, 0) is 58.7 Å². The molecule has 3 heteroatoms. The SMILES string of the molecule is COC(C)CCCNCCCNC1CC1. The van der Waals surface area contributed by atoms with Gasteiger partial charge in [-0.25, -0.2) is 0 Å². The summed E-state index contributed by atoms with van der Waals surface area (Å²) in [5, 5.41) is 6.98. The van der Waals surface area contributed by atoms with E-state index in [0.29, 0.717) is 6.10 Å². The molecule has 2 N–H and O–H groups in total. The second kappa shape index (κ2) is 8.08. The van der Waals surface area contributed by atoms with Crippen LogP contribution in [0.15, 0.2) is 0 Å². The van der Waals surface area contributed by atoms with Crippen molar-refractivity contribution in [3.63, 3.8) is 0 Å². The molecule has 0 radical (unpaired) electrons. The molecule has 0 spiro atoms. The van der Waals surface area contributed by atoms with Crippen molar-refractivity contribution < 1.29 is 4.74 Å². The molecule has 1 atom stereocenters. The first-order valence-corrected chi connectivity index (χ1v) is 6.30. The second-order valence-corrected chi connectivity index (χ2v) is 4.52. The first-order chi connectivity index (χ1) is 7.33. The summed E-state index contributed by atoms with van der Waals surface area (Å²) >= 11 is 0. The van der Waals surface area contributed by atoms with Crippen molar-refractivity contribution in [3.8, 4) is 0 Å². The maximum atomic E-state index is 5.19. The van der Waals surface area contributed by atoms with Gasteiger partial charge in [-0.15, -0.1) is 0 Å². The summed E-state index contributed by atoms with van der Waals surface area (Å²) in [6.07, 6.45) is 6.80. The minimum Gasteiger partial charge on any atom is -0.382 e. The van der Waals surface area contributed by atoms with Crippen molar-refractivity contribution in [3.05, 3.63) is 0 Å². The standard InChI is InChI=1S/C12H26N2O/c1-11(15-2)5-3-8-13-9-4-10-14-12-6-7-12/h11-14H,3-10H2,1-2H3. The Bertz CT molecular complexity index is 149. The van der Waals surface area contributed by atoms with Crippen LogP contribution >= 0.6 is 0 Å². The maximum Gasteiger partial charge on any atom is 0.0543 e. The smallest absolute Gasteiger partial charge is 0.0543 e. The molecule has 0 aromatic carbocycles. The summed E-state index contributed by atoms with van der Waals surface area (Å²) in [5.41, 5.74) is 0. The summed E-state index contributed by atoms with van der Waals surface area (Å²) in [5.74, 6) is 0. The zero-order chi connectivity index (χ0) is 10.9. The predicted molar refractivity (Wildman–Crippen MR) is 64.2 cm³/mol. The maximum absolute atomic E-state index is 5.19. The number of ether oxygens (including phenoxy) is 1. The average Bonchev–Trinajstić information content (AvgIpc) is 3.05. The zero-order valence-corrected chi connectivity index (χ0v) is 10.2. The molecule has 3 nitrogen and oxygen atoms in total. The molecule has 15 heavy (non-hydrogen) atoms. The lowest BCUT2D eigenvalue weighted by atomic mass is 10.2. The highest BCUT2D eigenvalue weighted by Gasteiger charge is 2.19. The van der Waals surface area contributed by atoms with E-state index < -0.39 is 0 Å². The molecule has 0 bridgehead atoms. The fraction of sp³-hybridized carbons (Fsp3) is 1.00. The predicted octanol–water partition coefficient (Wildman–Crippen LogP) is 1.53. The Kier molecular flexibility index (Phi) is 6.98. The van der Waals surface area contributed by atoms with Gasteiger partial charge in [-0.3, -0.25) is 0 Å². The summed E-state index contributed by atoms with van der Waals surface area (Å²) in [6, 6.07) is 0.854. The molecule has 1 saturated carbocycles. The fourth-order valence-electron chi connectivity index (χ4n) is 1.56. The molecule has 1 unspecified atom stereocenters. The Labute approximate surface area is 94.0 Å². The van der Waals surface area contributed by atoms with Gasteiger partial charge >= 0.3 is 0 Å². The van der Waals surface area contributed by atoms with Gasteiger partial charge in [0.2, 0.25) is 0 Å². The summed E-state index contributed by atoms with van der Waals surface area (Å²) < 4.78 is 5.19. The van der Waals surface area contributed by atoms with Crippen molar-refractivity contribution in [1.82, 2.24) is 10.6 Å². The van der Waals surface area contributed by atoms with E-state index in [1.54, 1.807) is 7.11 Å². The van der Waals surface area contributed by atoms with Crippen LogP contribution in [0.25, 0.3) is 0 Å². The van der Waals surface area contributed by atoms with E-state index in [-0.39, 0.29) is 0 Å². The third-order valence-corrected chi connectivity index (χ3v) is 2.91. The highest BCUT2D eigenvalue weighted by molar-refractivity contribution is 4.80. The Morgan fingerprint density at radius 3 is 2.60 bits per heavy atom. The quantitative estimate of drug-likeness (QED) is 0.541. The van der Waals surface area contributed by atoms with Gasteiger partial charge in [-0.2, -0.15) is 0 Å². The van der Waals surface area contributed by atoms with E-state index in [1.807, 2.05) is 0 Å². The Hall–Kier alpha value is -0.120. The summed E-state index contributed by atoms with van der Waals surface area (Å²) in [4.78, 5) is 0. The van der Waals surface area contributed by atoms with E-state index in [9.17, 15) is 0 Å². The summed E-state index contributed by atoms with van der Waals surface area (Å²) in [7, 11) is 1.78. The van der Waals surface area contributed by atoms with Crippen molar-refractivity contribution in [2.24, 2.45) is 0 Å². The third kappa shape index (κ3) is 7.77. The van der Waals surface area contributed by atoms with Crippen LogP contribution in [-0.2, 0) is 4.74 Å². The van der Waals surface area contributed by atoms with Gasteiger partial charge in [0, 0.05) is 13.2 Å². The van der Waals surface area contributed by atoms with E-state index in [4.69, 9.17) is 4.74 Å². The molecule has 0 aliphatic heterocycles. The summed E-state index contributed by atoms with van der Waals surface area (Å²) in [6.45, 7) is 5.56. The molecule has 0 amide bonds. The van der Waals surface area contributed by atoms with Gasteiger partial charge in [0.15, 0.2) is 0 Å². The first kappa shape index (κ1) is 12.9. The average molecular weight is 214 g/mol. The minimum absolute atomic E-state index is 0.406. The molecule has 90 valence electrons. The van der Waals surface area contributed by atoms with Crippen molar-refractivity contribution in [1.29, 1.82) is 0 Å². The molecule has 1 aliphatic carbocycles. The number of nitrogens with one attached hydrogen (secondary N) is 2. The highest BCUT2D eigenvalue weighted by atomic mass is 16.5. The highest BCUT2D eigenvalue weighted by Crippen LogP contribution is 2.18. The number of methoxy groups -OCH3 is 1. The van der Waals surface area contributed by atoms with Crippen LogP contribution in [0.5, 0.6) is 0 Å². The monoisotopic (exact) mass is 214 g/mol. The number of hydrogen-bond acceptors (Lipinski definition) is 3. The molecule has 0 aromatic heterocycles. The zero-order valence-electron chi connectivity index (χ0n) is 10.2. The van der Waals surface area contributed by atoms with Gasteiger partial charge in [0.25, 0.3) is 0 Å². The van der Waals surface area contributed by atoms with Crippen LogP contribution < -0.4 is 10.6 Å². The van der Waals surface area contributed by atoms with E-state index >= 15 is 0 Å². The topological polar surface area (TPSA) is 33.3 Å². The molecule has 0 aromatic rings. The van der Waals surface area contributed by atoms with E-state index in [1.165, 1.54) is 32.2 Å². The lowest BCUT2D eigenvalue weighted by molar-refractivity contribution is 0.109. The molecular formula is C12H26N2O. The fourth-order valence-corrected chi connectivity index (χ4v) is 1.56. The third-order valence-electron chi connectivity index (χ3n) is 2.91. The van der Waals surface area contributed by atoms with Gasteiger partial charge in [-0.1, -0.05) is 0 Å². The lowest BCUT2D eigenvalue weighted by Crippen LogP contribution is -2.24. The van der Waals surface area contributed by atoms with E-state index in [2.05, 4.69) is 17.6 Å². The van der Waals surface area contributed by atoms with Crippen LogP contribution in [0, 0.1) is 0 Å². The van der Waals surface area contributed by atoms with Gasteiger partial charge in [0.1, 0.15) is 0 Å². The minimum atomic E-state index is 0.406. The van der Waals surface area contributed by atoms with Crippen LogP contribution in [-0.4, -0.2) is 38.9 Å². The van der Waals surface area contributed by atoms with Crippen molar-refractivity contribution in [2.45, 2.75) is 51.2 Å². The number of hydrogen-bond donors (Lipinski definition) is 2. The molecule has 1 rings (SSSR count). The normalized spacial score (nSPS) is 18.0. The molecule has 1 fully saturated rings. The van der Waals surface area contributed by atoms with Crippen LogP contribution in [0.3, 0.4) is 0 Å². The van der Waals surface area contributed by atoms with E-state index in [0.717, 1.165) is 25.6 Å². The Morgan fingerprint density at radius 2 is 1.93 bits per heavy atom. The van der Waals surface area contributed by atoms with Crippen molar-refractivity contribution in [2.75, 3.05) is 26.7 Å². The van der Waals surface area contributed by atoms with Crippen molar-refractivity contribution >= 4 is 0 Å². The van der Waals surface area contributed by atoms with Crippen LogP contribution in [0.2, 0.25) is 0 Å². The Balaban J connectivity index is 1.68. The Morgan fingerprint density at radius 1 is 1.20 bits per heavy atom. The first-order valence-electron chi connectivity index (χ1n) is 6.30. The molecule has 0 heterocycles. The molecular weight excluding hydrogens is 188 g/mol. The number of rotatable bonds is 10. The van der Waals surface area contributed by atoms with Gasteiger partial charge in [0.05, 0.1) is 6.10 Å². The van der Waals surface area contributed by atoms with Crippen LogP contribution in [0.4, 0.5) is 0 Å². The molecule has 0 saturated heterocycles. The molecule has 1 aliphatic rings. The van der Waals surface area contributed by atoms with Crippen LogP contribution in [0.1, 0.15) is 39.0 Å².